The summed E-state index contributed by atoms with van der Waals surface area (Å²) in [6.07, 6.45) is 1.38. The van der Waals surface area contributed by atoms with E-state index in [-0.39, 0.29) is 12.6 Å². The maximum Gasteiger partial charge on any atom is 0.329 e. The normalized spacial score (nSPS) is 12.6. The molecule has 0 saturated heterocycles. The second-order valence-corrected chi connectivity index (χ2v) is 4.64. The Morgan fingerprint density at radius 2 is 2.15 bits per heavy atom. The van der Waals surface area contributed by atoms with E-state index in [9.17, 15) is 9.90 Å². The van der Waals surface area contributed by atoms with E-state index in [1.54, 1.807) is 4.57 Å². The minimum Gasteiger partial charge on any atom is -0.464 e. The molecule has 20 heavy (non-hydrogen) atoms. The van der Waals surface area contributed by atoms with Crippen molar-refractivity contribution in [2.45, 2.75) is 39.3 Å². The van der Waals surface area contributed by atoms with E-state index in [2.05, 4.69) is 4.98 Å². The van der Waals surface area contributed by atoms with Crippen molar-refractivity contribution >= 4 is 17.0 Å². The van der Waals surface area contributed by atoms with Gasteiger partial charge in [0.2, 0.25) is 0 Å². The number of imidazole rings is 1. The van der Waals surface area contributed by atoms with Crippen molar-refractivity contribution < 1.29 is 14.6 Å². The first-order valence-corrected chi connectivity index (χ1v) is 6.96. The van der Waals surface area contributed by atoms with Gasteiger partial charge in [-0.1, -0.05) is 26.0 Å². The van der Waals surface area contributed by atoms with Crippen LogP contribution in [-0.4, -0.2) is 27.2 Å². The molecule has 2 aromatic rings. The fourth-order valence-corrected chi connectivity index (χ4v) is 2.31. The lowest BCUT2D eigenvalue weighted by Crippen LogP contribution is -2.23. The molecular weight excluding hydrogens is 256 g/mol. The van der Waals surface area contributed by atoms with E-state index < -0.39 is 6.04 Å². The minimum atomic E-state index is -0.448. The largest absolute Gasteiger partial charge is 0.464 e. The van der Waals surface area contributed by atoms with Gasteiger partial charge in [0, 0.05) is 0 Å². The second kappa shape index (κ2) is 6.52. The Bertz CT molecular complexity index is 592. The summed E-state index contributed by atoms with van der Waals surface area (Å²) in [6.45, 7) is 4.09. The maximum atomic E-state index is 12.2. The Hall–Kier alpha value is -1.88. The second-order valence-electron chi connectivity index (χ2n) is 4.64. The summed E-state index contributed by atoms with van der Waals surface area (Å²) >= 11 is 0. The van der Waals surface area contributed by atoms with Crippen molar-refractivity contribution in [3.8, 4) is 0 Å². The van der Waals surface area contributed by atoms with Gasteiger partial charge in [0.1, 0.15) is 18.5 Å². The van der Waals surface area contributed by atoms with Crippen LogP contribution in [0.2, 0.25) is 0 Å². The number of carbonyl (C=O) groups excluding carboxylic acids is 1. The standard InChI is InChI=1S/C15H20N2O3/c1-3-9-20-15(19)12(4-2)17-13-8-6-5-7-11(13)16-14(17)10-18/h5-8,12,18H,3-4,9-10H2,1-2H3. The van der Waals surface area contributed by atoms with E-state index in [0.29, 0.717) is 18.9 Å². The predicted octanol–water partition coefficient (Wildman–Crippen LogP) is 2.43. The van der Waals surface area contributed by atoms with E-state index >= 15 is 0 Å². The molecule has 2 rings (SSSR count). The van der Waals surface area contributed by atoms with Crippen molar-refractivity contribution in [3.05, 3.63) is 30.1 Å². The van der Waals surface area contributed by atoms with Crippen LogP contribution in [0.3, 0.4) is 0 Å². The molecule has 1 aromatic heterocycles. The number of aliphatic hydroxyl groups excluding tert-OH is 1. The molecule has 0 aliphatic heterocycles. The molecule has 5 heteroatoms. The van der Waals surface area contributed by atoms with Crippen LogP contribution in [0, 0.1) is 0 Å². The molecule has 0 radical (unpaired) electrons. The van der Waals surface area contributed by atoms with E-state index in [0.717, 1.165) is 17.5 Å². The monoisotopic (exact) mass is 276 g/mol. The quantitative estimate of drug-likeness (QED) is 0.823. The van der Waals surface area contributed by atoms with Gasteiger partial charge in [0.05, 0.1) is 17.6 Å². The van der Waals surface area contributed by atoms with Gasteiger partial charge >= 0.3 is 5.97 Å². The van der Waals surface area contributed by atoms with Gasteiger partial charge in [-0.3, -0.25) is 0 Å². The number of para-hydroxylation sites is 2. The number of fused-ring (bicyclic) bond motifs is 1. The Kier molecular flexibility index (Phi) is 4.74. The predicted molar refractivity (Wildman–Crippen MR) is 76.2 cm³/mol. The van der Waals surface area contributed by atoms with Crippen LogP contribution in [0.1, 0.15) is 38.6 Å². The number of hydrogen-bond acceptors (Lipinski definition) is 4. The smallest absolute Gasteiger partial charge is 0.329 e. The molecule has 0 saturated carbocycles. The Balaban J connectivity index is 2.45. The highest BCUT2D eigenvalue weighted by Gasteiger charge is 2.24. The first kappa shape index (κ1) is 14.5. The van der Waals surface area contributed by atoms with Crippen LogP contribution in [-0.2, 0) is 16.1 Å². The molecule has 0 spiro atoms. The number of esters is 1. The minimum absolute atomic E-state index is 0.202. The molecule has 108 valence electrons. The van der Waals surface area contributed by atoms with Crippen LogP contribution >= 0.6 is 0 Å². The zero-order valence-corrected chi connectivity index (χ0v) is 11.9. The molecule has 1 unspecified atom stereocenters. The van der Waals surface area contributed by atoms with Gasteiger partial charge in [-0.15, -0.1) is 0 Å². The maximum absolute atomic E-state index is 12.2. The zero-order chi connectivity index (χ0) is 14.5. The average Bonchev–Trinajstić information content (AvgIpc) is 2.85. The van der Waals surface area contributed by atoms with E-state index in [1.807, 2.05) is 38.1 Å². The van der Waals surface area contributed by atoms with Gasteiger partial charge in [0.25, 0.3) is 0 Å². The summed E-state index contributed by atoms with van der Waals surface area (Å²) in [4.78, 5) is 16.6. The van der Waals surface area contributed by atoms with Crippen molar-refractivity contribution in [1.29, 1.82) is 0 Å². The number of aliphatic hydroxyl groups is 1. The van der Waals surface area contributed by atoms with E-state index in [1.165, 1.54) is 0 Å². The van der Waals surface area contributed by atoms with Crippen LogP contribution in [0.25, 0.3) is 11.0 Å². The van der Waals surface area contributed by atoms with Gasteiger partial charge < -0.3 is 14.4 Å². The lowest BCUT2D eigenvalue weighted by Gasteiger charge is -2.18. The van der Waals surface area contributed by atoms with Crippen LogP contribution in [0.4, 0.5) is 0 Å². The van der Waals surface area contributed by atoms with Gasteiger partial charge in [-0.05, 0) is 25.0 Å². The van der Waals surface area contributed by atoms with Gasteiger partial charge in [-0.25, -0.2) is 9.78 Å². The number of ether oxygens (including phenoxy) is 1. The topological polar surface area (TPSA) is 64.3 Å². The first-order chi connectivity index (χ1) is 9.72. The number of benzene rings is 1. The molecule has 1 atom stereocenters. The van der Waals surface area contributed by atoms with Crippen molar-refractivity contribution in [2.75, 3.05) is 6.61 Å². The van der Waals surface area contributed by atoms with E-state index in [4.69, 9.17) is 4.74 Å². The number of rotatable bonds is 6. The molecular formula is C15H20N2O3. The van der Waals surface area contributed by atoms with Crippen molar-refractivity contribution in [1.82, 2.24) is 9.55 Å². The molecule has 1 heterocycles. The Labute approximate surface area is 118 Å². The number of nitrogens with zero attached hydrogens (tertiary/aromatic N) is 2. The molecule has 0 aliphatic rings. The van der Waals surface area contributed by atoms with Crippen molar-refractivity contribution in [3.63, 3.8) is 0 Å². The third kappa shape index (κ3) is 2.67. The SMILES string of the molecule is CCCOC(=O)C(CC)n1c(CO)nc2ccccc21. The number of aromatic nitrogens is 2. The summed E-state index contributed by atoms with van der Waals surface area (Å²) in [5.41, 5.74) is 1.62. The summed E-state index contributed by atoms with van der Waals surface area (Å²) in [5.74, 6) is 0.221. The third-order valence-corrected chi connectivity index (χ3v) is 3.23. The number of hydrogen-bond donors (Lipinski definition) is 1. The fraction of sp³-hybridized carbons (Fsp3) is 0.467. The summed E-state index contributed by atoms with van der Waals surface area (Å²) in [7, 11) is 0. The summed E-state index contributed by atoms with van der Waals surface area (Å²) in [6, 6.07) is 7.10. The molecule has 1 aromatic carbocycles. The average molecular weight is 276 g/mol. The Morgan fingerprint density at radius 1 is 1.40 bits per heavy atom. The van der Waals surface area contributed by atoms with Crippen LogP contribution in [0.5, 0.6) is 0 Å². The molecule has 1 N–H and O–H groups in total. The lowest BCUT2D eigenvalue weighted by molar-refractivity contribution is -0.147. The van der Waals surface area contributed by atoms with Crippen molar-refractivity contribution in [2.24, 2.45) is 0 Å². The van der Waals surface area contributed by atoms with Crippen LogP contribution < -0.4 is 0 Å². The van der Waals surface area contributed by atoms with Gasteiger partial charge in [-0.2, -0.15) is 0 Å². The molecule has 0 amide bonds. The molecule has 0 bridgehead atoms. The third-order valence-electron chi connectivity index (χ3n) is 3.23. The molecule has 0 aliphatic carbocycles. The molecule has 0 fully saturated rings. The summed E-state index contributed by atoms with van der Waals surface area (Å²) < 4.78 is 7.03. The Morgan fingerprint density at radius 3 is 2.80 bits per heavy atom. The fourth-order valence-electron chi connectivity index (χ4n) is 2.31. The van der Waals surface area contributed by atoms with Gasteiger partial charge in [0.15, 0.2) is 0 Å². The highest BCUT2D eigenvalue weighted by Crippen LogP contribution is 2.24. The highest BCUT2D eigenvalue weighted by molar-refractivity contribution is 5.81. The highest BCUT2D eigenvalue weighted by atomic mass is 16.5. The molecule has 5 nitrogen and oxygen atoms in total. The number of carbonyl (C=O) groups is 1. The lowest BCUT2D eigenvalue weighted by atomic mass is 10.2. The summed E-state index contributed by atoms with van der Waals surface area (Å²) in [5, 5.41) is 9.49. The first-order valence-electron chi connectivity index (χ1n) is 6.96. The zero-order valence-electron chi connectivity index (χ0n) is 11.9. The van der Waals surface area contributed by atoms with Crippen LogP contribution in [0.15, 0.2) is 24.3 Å².